The van der Waals surface area contributed by atoms with Gasteiger partial charge in [-0.15, -0.1) is 11.3 Å². The lowest BCUT2D eigenvalue weighted by Gasteiger charge is -2.23. The summed E-state index contributed by atoms with van der Waals surface area (Å²) in [5, 5.41) is 7.71. The Morgan fingerprint density at radius 3 is 3.20 bits per heavy atom. The van der Waals surface area contributed by atoms with Gasteiger partial charge in [0, 0.05) is 18.0 Å². The minimum Gasteiger partial charge on any atom is -0.293 e. The summed E-state index contributed by atoms with van der Waals surface area (Å²) in [5.41, 5.74) is 1.23. The largest absolute Gasteiger partial charge is 0.293 e. The average Bonchev–Trinajstić information content (AvgIpc) is 3.15. The molecular formula is C14H21N5S. The molecule has 0 amide bonds. The fourth-order valence-corrected chi connectivity index (χ4v) is 3.70. The van der Waals surface area contributed by atoms with Crippen molar-refractivity contribution < 1.29 is 0 Å². The van der Waals surface area contributed by atoms with Crippen LogP contribution in [0.5, 0.6) is 0 Å². The van der Waals surface area contributed by atoms with Crippen molar-refractivity contribution in [1.82, 2.24) is 24.6 Å². The number of aryl methyl sites for hydroxylation is 1. The van der Waals surface area contributed by atoms with Crippen LogP contribution in [0.2, 0.25) is 0 Å². The molecule has 20 heavy (non-hydrogen) atoms. The molecule has 1 saturated heterocycles. The van der Waals surface area contributed by atoms with Gasteiger partial charge in [-0.1, -0.05) is 6.92 Å². The maximum Gasteiger partial charge on any atom is 0.137 e. The molecule has 1 atom stereocenters. The average molecular weight is 291 g/mol. The van der Waals surface area contributed by atoms with Crippen molar-refractivity contribution >= 4 is 11.3 Å². The van der Waals surface area contributed by atoms with Gasteiger partial charge in [-0.3, -0.25) is 9.58 Å². The fraction of sp³-hybridized carbons (Fsp3) is 0.643. The molecule has 0 bridgehead atoms. The van der Waals surface area contributed by atoms with Crippen molar-refractivity contribution in [2.75, 3.05) is 6.54 Å². The van der Waals surface area contributed by atoms with Crippen molar-refractivity contribution in [1.29, 1.82) is 0 Å². The van der Waals surface area contributed by atoms with Crippen LogP contribution in [0.4, 0.5) is 0 Å². The van der Waals surface area contributed by atoms with Crippen molar-refractivity contribution in [2.24, 2.45) is 0 Å². The molecule has 1 fully saturated rings. The summed E-state index contributed by atoms with van der Waals surface area (Å²) in [4.78, 5) is 11.3. The first kappa shape index (κ1) is 13.7. The second-order valence-corrected chi connectivity index (χ2v) is 6.31. The zero-order valence-corrected chi connectivity index (χ0v) is 12.7. The zero-order valence-electron chi connectivity index (χ0n) is 11.9. The van der Waals surface area contributed by atoms with Gasteiger partial charge >= 0.3 is 0 Å². The van der Waals surface area contributed by atoms with Gasteiger partial charge in [0.2, 0.25) is 0 Å². The van der Waals surface area contributed by atoms with Crippen LogP contribution in [0, 0.1) is 0 Å². The molecule has 3 rings (SSSR count). The van der Waals surface area contributed by atoms with Crippen LogP contribution in [0.1, 0.15) is 36.9 Å². The molecule has 0 radical (unpaired) electrons. The predicted molar refractivity (Wildman–Crippen MR) is 79.6 cm³/mol. The number of thiazole rings is 1. The molecule has 0 aromatic carbocycles. The summed E-state index contributed by atoms with van der Waals surface area (Å²) in [5.74, 6) is 0. The Morgan fingerprint density at radius 1 is 1.45 bits per heavy atom. The third-order valence-electron chi connectivity index (χ3n) is 3.79. The minimum absolute atomic E-state index is 0.563. The van der Waals surface area contributed by atoms with Crippen LogP contribution >= 0.6 is 11.3 Å². The van der Waals surface area contributed by atoms with E-state index in [9.17, 15) is 0 Å². The molecular weight excluding hydrogens is 270 g/mol. The van der Waals surface area contributed by atoms with Gasteiger partial charge in [-0.2, -0.15) is 5.10 Å². The number of nitrogens with zero attached hydrogens (tertiary/aromatic N) is 5. The smallest absolute Gasteiger partial charge is 0.137 e. The third-order valence-corrected chi connectivity index (χ3v) is 4.75. The van der Waals surface area contributed by atoms with Gasteiger partial charge in [0.1, 0.15) is 12.7 Å². The van der Waals surface area contributed by atoms with E-state index in [2.05, 4.69) is 27.3 Å². The zero-order chi connectivity index (χ0) is 13.8. The Balaban J connectivity index is 1.60. The Bertz CT molecular complexity index is 521. The molecule has 0 N–H and O–H groups in total. The van der Waals surface area contributed by atoms with E-state index in [-0.39, 0.29) is 0 Å². The van der Waals surface area contributed by atoms with Gasteiger partial charge in [-0.05, 0) is 32.2 Å². The van der Waals surface area contributed by atoms with Gasteiger partial charge in [-0.25, -0.2) is 9.97 Å². The van der Waals surface area contributed by atoms with Crippen LogP contribution in [-0.4, -0.2) is 37.2 Å². The lowest BCUT2D eigenvalue weighted by atomic mass is 10.2. The van der Waals surface area contributed by atoms with E-state index in [1.807, 2.05) is 4.68 Å². The minimum atomic E-state index is 0.563. The molecule has 0 spiro atoms. The first-order valence-electron chi connectivity index (χ1n) is 7.35. The molecule has 1 aliphatic rings. The van der Waals surface area contributed by atoms with E-state index < -0.39 is 0 Å². The van der Waals surface area contributed by atoms with E-state index in [4.69, 9.17) is 4.98 Å². The van der Waals surface area contributed by atoms with Gasteiger partial charge in [0.15, 0.2) is 0 Å². The second-order valence-electron chi connectivity index (χ2n) is 5.37. The lowest BCUT2D eigenvalue weighted by Crippen LogP contribution is -2.32. The summed E-state index contributed by atoms with van der Waals surface area (Å²) in [6.07, 6.45) is 8.20. The van der Waals surface area contributed by atoms with Gasteiger partial charge in [0.25, 0.3) is 0 Å². The Morgan fingerprint density at radius 2 is 2.40 bits per heavy atom. The van der Waals surface area contributed by atoms with E-state index in [1.165, 1.54) is 36.5 Å². The third kappa shape index (κ3) is 3.24. The highest BCUT2D eigenvalue weighted by Gasteiger charge is 2.25. The Hall–Kier alpha value is -1.27. The SMILES string of the molecule is CCCc1nc(CN2CCC[C@@H]2Cn2cncn2)cs1. The van der Waals surface area contributed by atoms with Crippen LogP contribution in [0.15, 0.2) is 18.0 Å². The summed E-state index contributed by atoms with van der Waals surface area (Å²) in [6.45, 7) is 5.28. The number of likely N-dealkylation sites (tertiary alicyclic amines) is 1. The molecule has 6 heteroatoms. The Labute approximate surface area is 123 Å². The van der Waals surface area contributed by atoms with Gasteiger partial charge < -0.3 is 0 Å². The molecule has 3 heterocycles. The molecule has 1 aliphatic heterocycles. The monoisotopic (exact) mass is 291 g/mol. The standard InChI is InChI=1S/C14H21N5S/c1-2-4-14-17-12(9-20-14)7-18-6-3-5-13(18)8-19-11-15-10-16-19/h9-11,13H,2-8H2,1H3/t13-/m1/s1. The summed E-state index contributed by atoms with van der Waals surface area (Å²) in [7, 11) is 0. The maximum absolute atomic E-state index is 4.74. The quantitative estimate of drug-likeness (QED) is 0.819. The molecule has 0 aliphatic carbocycles. The molecule has 0 unspecified atom stereocenters. The van der Waals surface area contributed by atoms with Crippen LogP contribution in [0.25, 0.3) is 0 Å². The second kappa shape index (κ2) is 6.45. The summed E-state index contributed by atoms with van der Waals surface area (Å²) in [6, 6.07) is 0.563. The highest BCUT2D eigenvalue weighted by atomic mass is 32.1. The first-order valence-corrected chi connectivity index (χ1v) is 8.23. The molecule has 108 valence electrons. The number of rotatable bonds is 6. The number of hydrogen-bond donors (Lipinski definition) is 0. The molecule has 0 saturated carbocycles. The van der Waals surface area contributed by atoms with E-state index in [0.717, 1.165) is 19.5 Å². The molecule has 2 aromatic rings. The maximum atomic E-state index is 4.74. The van der Waals surface area contributed by atoms with Crippen molar-refractivity contribution in [3.8, 4) is 0 Å². The normalized spacial score (nSPS) is 19.8. The fourth-order valence-electron chi connectivity index (χ4n) is 2.81. The number of aromatic nitrogens is 4. The van der Waals surface area contributed by atoms with Crippen molar-refractivity contribution in [3.05, 3.63) is 28.7 Å². The van der Waals surface area contributed by atoms with Crippen LogP contribution in [0.3, 0.4) is 0 Å². The molecule has 5 nitrogen and oxygen atoms in total. The number of hydrogen-bond acceptors (Lipinski definition) is 5. The van der Waals surface area contributed by atoms with Crippen LogP contribution < -0.4 is 0 Å². The van der Waals surface area contributed by atoms with E-state index in [0.29, 0.717) is 6.04 Å². The topological polar surface area (TPSA) is 46.8 Å². The highest BCUT2D eigenvalue weighted by Crippen LogP contribution is 2.22. The Kier molecular flexibility index (Phi) is 4.42. The first-order chi connectivity index (χ1) is 9.85. The van der Waals surface area contributed by atoms with E-state index in [1.54, 1.807) is 24.0 Å². The van der Waals surface area contributed by atoms with Gasteiger partial charge in [0.05, 0.1) is 17.2 Å². The lowest BCUT2D eigenvalue weighted by molar-refractivity contribution is 0.217. The summed E-state index contributed by atoms with van der Waals surface area (Å²) >= 11 is 1.80. The van der Waals surface area contributed by atoms with E-state index >= 15 is 0 Å². The van der Waals surface area contributed by atoms with Crippen molar-refractivity contribution in [2.45, 2.75) is 51.7 Å². The predicted octanol–water partition coefficient (Wildman–Crippen LogP) is 2.35. The highest BCUT2D eigenvalue weighted by molar-refractivity contribution is 7.09. The summed E-state index contributed by atoms with van der Waals surface area (Å²) < 4.78 is 1.94. The van der Waals surface area contributed by atoms with Crippen LogP contribution in [-0.2, 0) is 19.5 Å². The molecule has 2 aromatic heterocycles. The van der Waals surface area contributed by atoms with Crippen molar-refractivity contribution in [3.63, 3.8) is 0 Å².